The summed E-state index contributed by atoms with van der Waals surface area (Å²) in [6.07, 6.45) is 3.41. The highest BCUT2D eigenvalue weighted by molar-refractivity contribution is 5.27. The summed E-state index contributed by atoms with van der Waals surface area (Å²) in [7, 11) is 2.95. The molecular formula is C9H12N6O2. The number of rotatable bonds is 5. The minimum absolute atomic E-state index is 0.193. The van der Waals surface area contributed by atoms with Crippen LogP contribution < -0.4 is 14.8 Å². The number of methoxy groups -OCH3 is 2. The Morgan fingerprint density at radius 1 is 1.18 bits per heavy atom. The second kappa shape index (κ2) is 5.10. The molecule has 0 atom stereocenters. The number of nitrogens with one attached hydrogen (secondary N) is 2. The van der Waals surface area contributed by atoms with Crippen molar-refractivity contribution in [2.24, 2.45) is 0 Å². The largest absolute Gasteiger partial charge is 0.467 e. The number of ether oxygens (including phenoxy) is 2. The van der Waals surface area contributed by atoms with Crippen LogP contribution in [0.3, 0.4) is 0 Å². The van der Waals surface area contributed by atoms with Gasteiger partial charge in [0.05, 0.1) is 20.8 Å². The zero-order chi connectivity index (χ0) is 12.1. The second-order valence-corrected chi connectivity index (χ2v) is 3.02. The third-order valence-electron chi connectivity index (χ3n) is 1.93. The number of hydrogen-bond acceptors (Lipinski definition) is 7. The van der Waals surface area contributed by atoms with Crippen LogP contribution in [0.15, 0.2) is 12.4 Å². The summed E-state index contributed by atoms with van der Waals surface area (Å²) >= 11 is 0. The monoisotopic (exact) mass is 236 g/mol. The van der Waals surface area contributed by atoms with Crippen molar-refractivity contribution in [2.45, 2.75) is 6.54 Å². The van der Waals surface area contributed by atoms with E-state index in [1.54, 1.807) is 12.4 Å². The topological polar surface area (TPSA) is 97.8 Å². The van der Waals surface area contributed by atoms with Gasteiger partial charge in [-0.3, -0.25) is 0 Å². The molecule has 2 heterocycles. The molecule has 0 spiro atoms. The van der Waals surface area contributed by atoms with Crippen LogP contribution in [0.5, 0.6) is 12.0 Å². The summed E-state index contributed by atoms with van der Waals surface area (Å²) in [5, 5.41) is 2.98. The molecular weight excluding hydrogens is 224 g/mol. The van der Waals surface area contributed by atoms with Crippen molar-refractivity contribution in [3.8, 4) is 12.0 Å². The maximum absolute atomic E-state index is 4.93. The summed E-state index contributed by atoms with van der Waals surface area (Å²) in [6.45, 7) is 0.476. The van der Waals surface area contributed by atoms with Crippen LogP contribution in [0.1, 0.15) is 5.82 Å². The first-order chi connectivity index (χ1) is 8.31. The molecule has 2 aromatic rings. The molecule has 0 saturated heterocycles. The van der Waals surface area contributed by atoms with Crippen LogP contribution in [0.25, 0.3) is 0 Å². The summed E-state index contributed by atoms with van der Waals surface area (Å²) in [4.78, 5) is 19.0. The third-order valence-corrected chi connectivity index (χ3v) is 1.93. The maximum Gasteiger partial charge on any atom is 0.324 e. The van der Waals surface area contributed by atoms with E-state index in [-0.39, 0.29) is 12.0 Å². The first kappa shape index (κ1) is 11.1. The van der Waals surface area contributed by atoms with Crippen molar-refractivity contribution < 1.29 is 9.47 Å². The van der Waals surface area contributed by atoms with E-state index in [1.165, 1.54) is 14.2 Å². The number of nitrogens with zero attached hydrogens (tertiary/aromatic N) is 4. The van der Waals surface area contributed by atoms with Crippen LogP contribution in [-0.4, -0.2) is 39.1 Å². The van der Waals surface area contributed by atoms with Crippen LogP contribution in [0.2, 0.25) is 0 Å². The zero-order valence-corrected chi connectivity index (χ0v) is 9.47. The van der Waals surface area contributed by atoms with E-state index in [1.807, 2.05) is 0 Å². The molecule has 2 rings (SSSR count). The van der Waals surface area contributed by atoms with Gasteiger partial charge in [-0.1, -0.05) is 0 Å². The smallest absolute Gasteiger partial charge is 0.324 e. The van der Waals surface area contributed by atoms with Gasteiger partial charge in [-0.2, -0.15) is 9.97 Å². The molecule has 0 aliphatic carbocycles. The first-order valence-corrected chi connectivity index (χ1v) is 4.88. The summed E-state index contributed by atoms with van der Waals surface area (Å²) < 4.78 is 9.86. The van der Waals surface area contributed by atoms with E-state index < -0.39 is 0 Å². The Balaban J connectivity index is 2.09. The van der Waals surface area contributed by atoms with E-state index >= 15 is 0 Å². The Hall–Kier alpha value is -2.38. The Morgan fingerprint density at radius 3 is 2.41 bits per heavy atom. The molecule has 0 fully saturated rings. The molecule has 0 amide bonds. The van der Waals surface area contributed by atoms with E-state index in [0.29, 0.717) is 12.5 Å². The van der Waals surface area contributed by atoms with Crippen molar-refractivity contribution in [3.05, 3.63) is 18.2 Å². The number of imidazole rings is 1. The fourth-order valence-electron chi connectivity index (χ4n) is 1.16. The molecule has 2 aromatic heterocycles. The lowest BCUT2D eigenvalue weighted by atomic mass is 10.6. The number of aromatic nitrogens is 5. The van der Waals surface area contributed by atoms with Gasteiger partial charge in [0.1, 0.15) is 5.82 Å². The van der Waals surface area contributed by atoms with Crippen LogP contribution in [-0.2, 0) is 6.54 Å². The molecule has 0 aliphatic heterocycles. The van der Waals surface area contributed by atoms with E-state index in [9.17, 15) is 0 Å². The van der Waals surface area contributed by atoms with Gasteiger partial charge in [-0.25, -0.2) is 4.98 Å². The maximum atomic E-state index is 4.93. The molecule has 0 aliphatic rings. The number of H-pyrrole nitrogens is 1. The fraction of sp³-hybridized carbons (Fsp3) is 0.333. The highest BCUT2D eigenvalue weighted by Gasteiger charge is 2.06. The standard InChI is InChI=1S/C9H12N6O2/c1-16-8-13-7(14-9(15-8)17-2)12-5-6-10-3-4-11-6/h3-4H,5H2,1-2H3,(H,10,11)(H,12,13,14,15). The quantitative estimate of drug-likeness (QED) is 0.766. The highest BCUT2D eigenvalue weighted by atomic mass is 16.5. The van der Waals surface area contributed by atoms with Gasteiger partial charge in [-0.05, 0) is 0 Å². The predicted octanol–water partition coefficient (Wildman–Crippen LogP) is 0.224. The lowest BCUT2D eigenvalue weighted by Gasteiger charge is -2.05. The fourth-order valence-corrected chi connectivity index (χ4v) is 1.16. The summed E-state index contributed by atoms with van der Waals surface area (Å²) in [5.41, 5.74) is 0. The average molecular weight is 236 g/mol. The predicted molar refractivity (Wildman–Crippen MR) is 58.8 cm³/mol. The molecule has 8 nitrogen and oxygen atoms in total. The molecule has 90 valence electrons. The summed E-state index contributed by atoms with van der Waals surface area (Å²) in [6, 6.07) is 0.387. The minimum atomic E-state index is 0.193. The lowest BCUT2D eigenvalue weighted by Crippen LogP contribution is -2.08. The minimum Gasteiger partial charge on any atom is -0.467 e. The van der Waals surface area contributed by atoms with Gasteiger partial charge in [0.15, 0.2) is 0 Å². The first-order valence-electron chi connectivity index (χ1n) is 4.88. The van der Waals surface area contributed by atoms with Crippen molar-refractivity contribution in [1.29, 1.82) is 0 Å². The van der Waals surface area contributed by atoms with Gasteiger partial charge >= 0.3 is 12.0 Å². The van der Waals surface area contributed by atoms with Crippen molar-refractivity contribution >= 4 is 5.95 Å². The third kappa shape index (κ3) is 2.80. The van der Waals surface area contributed by atoms with Crippen molar-refractivity contribution in [1.82, 2.24) is 24.9 Å². The van der Waals surface area contributed by atoms with Gasteiger partial charge in [0.25, 0.3) is 0 Å². The van der Waals surface area contributed by atoms with Gasteiger partial charge in [0, 0.05) is 12.4 Å². The van der Waals surface area contributed by atoms with Gasteiger partial charge < -0.3 is 19.8 Å². The van der Waals surface area contributed by atoms with Crippen LogP contribution in [0, 0.1) is 0 Å². The lowest BCUT2D eigenvalue weighted by molar-refractivity contribution is 0.341. The van der Waals surface area contributed by atoms with Crippen molar-refractivity contribution in [3.63, 3.8) is 0 Å². The van der Waals surface area contributed by atoms with Crippen molar-refractivity contribution in [2.75, 3.05) is 19.5 Å². The number of hydrogen-bond donors (Lipinski definition) is 2. The van der Waals surface area contributed by atoms with Crippen LogP contribution in [0.4, 0.5) is 5.95 Å². The van der Waals surface area contributed by atoms with Crippen LogP contribution >= 0.6 is 0 Å². The van der Waals surface area contributed by atoms with E-state index in [4.69, 9.17) is 9.47 Å². The Labute approximate surface area is 97.4 Å². The number of anilines is 1. The Kier molecular flexibility index (Phi) is 3.34. The molecule has 8 heteroatoms. The van der Waals surface area contributed by atoms with E-state index in [0.717, 1.165) is 5.82 Å². The number of aromatic amines is 1. The Bertz CT molecular complexity index is 450. The molecule has 0 radical (unpaired) electrons. The molecule has 0 unspecified atom stereocenters. The zero-order valence-electron chi connectivity index (χ0n) is 9.47. The van der Waals surface area contributed by atoms with Gasteiger partial charge in [-0.15, -0.1) is 4.98 Å². The van der Waals surface area contributed by atoms with E-state index in [2.05, 4.69) is 30.2 Å². The molecule has 0 saturated carbocycles. The Morgan fingerprint density at radius 2 is 1.88 bits per heavy atom. The molecule has 2 N–H and O–H groups in total. The van der Waals surface area contributed by atoms with Gasteiger partial charge in [0.2, 0.25) is 5.95 Å². The second-order valence-electron chi connectivity index (χ2n) is 3.02. The molecule has 0 aromatic carbocycles. The molecule has 0 bridgehead atoms. The average Bonchev–Trinajstić information content (AvgIpc) is 2.89. The summed E-state index contributed by atoms with van der Waals surface area (Å²) in [5.74, 6) is 1.15. The SMILES string of the molecule is COc1nc(NCc2ncc[nH]2)nc(OC)n1. The molecule has 17 heavy (non-hydrogen) atoms. The highest BCUT2D eigenvalue weighted by Crippen LogP contribution is 2.12. The normalized spacial score (nSPS) is 10.0.